The quantitative estimate of drug-likeness (QED) is 0.622. The van der Waals surface area contributed by atoms with Crippen LogP contribution in [0.5, 0.6) is 11.5 Å². The highest BCUT2D eigenvalue weighted by Crippen LogP contribution is 2.30. The zero-order valence-electron chi connectivity index (χ0n) is 16.9. The number of nitrogens with two attached hydrogens (primary N) is 1. The van der Waals surface area contributed by atoms with Crippen molar-refractivity contribution in [3.8, 4) is 11.5 Å². The van der Waals surface area contributed by atoms with E-state index in [9.17, 15) is 4.79 Å². The third-order valence-electron chi connectivity index (χ3n) is 4.27. The fraction of sp³-hybridized carbons (Fsp3) is 0.650. The fourth-order valence-corrected chi connectivity index (χ4v) is 2.39. The molecule has 26 heavy (non-hydrogen) atoms. The normalized spacial score (nSPS) is 13.3. The third-order valence-corrected chi connectivity index (χ3v) is 4.27. The van der Waals surface area contributed by atoms with Crippen LogP contribution in [0.15, 0.2) is 18.2 Å². The predicted molar refractivity (Wildman–Crippen MR) is 109 cm³/mol. The van der Waals surface area contributed by atoms with Gasteiger partial charge in [0.25, 0.3) is 0 Å². The van der Waals surface area contributed by atoms with E-state index in [-0.39, 0.29) is 29.8 Å². The number of carbonyl (C=O) groups excluding carboxylic acids is 1. The van der Waals surface area contributed by atoms with Crippen LogP contribution in [0, 0.1) is 5.41 Å². The van der Waals surface area contributed by atoms with Crippen molar-refractivity contribution in [2.24, 2.45) is 11.1 Å². The maximum Gasteiger partial charge on any atom is 0.237 e. The van der Waals surface area contributed by atoms with E-state index in [4.69, 9.17) is 15.2 Å². The number of unbranched alkanes of at least 4 members (excludes halogenated alkanes) is 2. The number of halogens is 1. The van der Waals surface area contributed by atoms with Gasteiger partial charge in [0.15, 0.2) is 11.5 Å². The number of nitrogens with one attached hydrogen (secondary N) is 1. The highest BCUT2D eigenvalue weighted by atomic mass is 35.5. The monoisotopic (exact) mass is 386 g/mol. The van der Waals surface area contributed by atoms with Crippen molar-refractivity contribution in [2.75, 3.05) is 13.7 Å². The molecule has 0 aliphatic heterocycles. The van der Waals surface area contributed by atoms with E-state index in [0.717, 1.165) is 30.6 Å². The topological polar surface area (TPSA) is 73.6 Å². The first-order valence-electron chi connectivity index (χ1n) is 9.07. The predicted octanol–water partition coefficient (Wildman–Crippen LogP) is 4.24. The molecule has 5 nitrogen and oxygen atoms in total. The Morgan fingerprint density at radius 3 is 2.42 bits per heavy atom. The summed E-state index contributed by atoms with van der Waals surface area (Å²) in [7, 11) is 1.62. The van der Waals surface area contributed by atoms with Crippen LogP contribution >= 0.6 is 12.4 Å². The number of amides is 1. The second-order valence-electron chi connectivity index (χ2n) is 7.54. The van der Waals surface area contributed by atoms with Crippen molar-refractivity contribution in [1.29, 1.82) is 0 Å². The van der Waals surface area contributed by atoms with E-state index < -0.39 is 6.04 Å². The minimum absolute atomic E-state index is 0. The van der Waals surface area contributed by atoms with Gasteiger partial charge in [-0.1, -0.05) is 46.6 Å². The first-order valence-corrected chi connectivity index (χ1v) is 9.07. The molecule has 1 aromatic carbocycles. The first-order chi connectivity index (χ1) is 11.7. The van der Waals surface area contributed by atoms with Crippen molar-refractivity contribution in [3.05, 3.63) is 23.8 Å². The number of benzene rings is 1. The molecule has 0 spiro atoms. The maximum atomic E-state index is 12.3. The van der Waals surface area contributed by atoms with Gasteiger partial charge in [0.05, 0.1) is 25.8 Å². The number of carbonyl (C=O) groups is 1. The summed E-state index contributed by atoms with van der Waals surface area (Å²) >= 11 is 0. The Balaban J connectivity index is 0.00000625. The smallest absolute Gasteiger partial charge is 0.237 e. The SMILES string of the molecule is CCCCCOc1ccc(C(C)NC(=O)[C@@H](N)C(C)(C)C)cc1OC.Cl. The molecule has 0 aliphatic rings. The molecule has 6 heteroatoms. The first kappa shape index (κ1) is 24.5. The number of rotatable bonds is 9. The number of hydrogen-bond donors (Lipinski definition) is 2. The molecule has 2 atom stereocenters. The van der Waals surface area contributed by atoms with Gasteiger partial charge in [0.2, 0.25) is 5.91 Å². The summed E-state index contributed by atoms with van der Waals surface area (Å²) in [6, 6.07) is 5.03. The van der Waals surface area contributed by atoms with Gasteiger partial charge in [-0.05, 0) is 36.5 Å². The molecule has 3 N–H and O–H groups in total. The standard InChI is InChI=1S/C20H34N2O3.ClH/c1-7-8-9-12-25-16-11-10-15(13-17(16)24-6)14(2)22-19(23)18(21)20(3,4)5;/h10-11,13-14,18H,7-9,12,21H2,1-6H3,(H,22,23);1H/t14?,18-;/m1./s1. The largest absolute Gasteiger partial charge is 0.493 e. The van der Waals surface area contributed by atoms with Crippen LogP contribution in [0.3, 0.4) is 0 Å². The molecule has 0 saturated carbocycles. The number of methoxy groups -OCH3 is 1. The Labute approximate surface area is 164 Å². The summed E-state index contributed by atoms with van der Waals surface area (Å²) in [5.41, 5.74) is 6.69. The second-order valence-corrected chi connectivity index (χ2v) is 7.54. The minimum atomic E-state index is -0.557. The van der Waals surface area contributed by atoms with Gasteiger partial charge in [0, 0.05) is 0 Å². The maximum absolute atomic E-state index is 12.3. The van der Waals surface area contributed by atoms with Gasteiger partial charge >= 0.3 is 0 Å². The average Bonchev–Trinajstić information content (AvgIpc) is 2.57. The zero-order chi connectivity index (χ0) is 19.0. The Kier molecular flexibility index (Phi) is 10.7. The second kappa shape index (κ2) is 11.3. The van der Waals surface area contributed by atoms with Crippen molar-refractivity contribution in [3.63, 3.8) is 0 Å². The molecule has 1 aromatic rings. The Morgan fingerprint density at radius 2 is 1.88 bits per heavy atom. The lowest BCUT2D eigenvalue weighted by Gasteiger charge is -2.27. The Bertz CT molecular complexity index is 558. The van der Waals surface area contributed by atoms with Gasteiger partial charge < -0.3 is 20.5 Å². The molecule has 0 radical (unpaired) electrons. The highest BCUT2D eigenvalue weighted by Gasteiger charge is 2.28. The van der Waals surface area contributed by atoms with Gasteiger partial charge in [-0.3, -0.25) is 4.79 Å². The Hall–Kier alpha value is -1.46. The van der Waals surface area contributed by atoms with E-state index in [1.54, 1.807) is 7.11 Å². The van der Waals surface area contributed by atoms with E-state index >= 15 is 0 Å². The summed E-state index contributed by atoms with van der Waals surface area (Å²) in [6.45, 7) is 10.6. The van der Waals surface area contributed by atoms with E-state index in [2.05, 4.69) is 12.2 Å². The molecule has 1 rings (SSSR count). The molecule has 150 valence electrons. The van der Waals surface area contributed by atoms with Gasteiger partial charge in [-0.25, -0.2) is 0 Å². The van der Waals surface area contributed by atoms with E-state index in [0.29, 0.717) is 12.4 Å². The van der Waals surface area contributed by atoms with E-state index in [1.165, 1.54) is 0 Å². The zero-order valence-corrected chi connectivity index (χ0v) is 17.7. The highest BCUT2D eigenvalue weighted by molar-refractivity contribution is 5.85. The fourth-order valence-electron chi connectivity index (χ4n) is 2.39. The molecule has 0 aromatic heterocycles. The van der Waals surface area contributed by atoms with Crippen molar-refractivity contribution >= 4 is 18.3 Å². The summed E-state index contributed by atoms with van der Waals surface area (Å²) < 4.78 is 11.2. The van der Waals surface area contributed by atoms with Crippen LogP contribution in [0.1, 0.15) is 65.5 Å². The van der Waals surface area contributed by atoms with Gasteiger partial charge in [-0.2, -0.15) is 0 Å². The Morgan fingerprint density at radius 1 is 1.23 bits per heavy atom. The van der Waals surface area contributed by atoms with Gasteiger partial charge in [-0.15, -0.1) is 12.4 Å². The van der Waals surface area contributed by atoms with Crippen LogP contribution in [0.2, 0.25) is 0 Å². The lowest BCUT2D eigenvalue weighted by molar-refractivity contribution is -0.125. The number of ether oxygens (including phenoxy) is 2. The molecular formula is C20H35ClN2O3. The minimum Gasteiger partial charge on any atom is -0.493 e. The molecule has 0 bridgehead atoms. The lowest BCUT2D eigenvalue weighted by atomic mass is 9.86. The van der Waals surface area contributed by atoms with Crippen molar-refractivity contribution < 1.29 is 14.3 Å². The van der Waals surface area contributed by atoms with Crippen molar-refractivity contribution in [1.82, 2.24) is 5.32 Å². The third kappa shape index (κ3) is 7.42. The van der Waals surface area contributed by atoms with Crippen LogP contribution in [-0.2, 0) is 4.79 Å². The lowest BCUT2D eigenvalue weighted by Crippen LogP contribution is -2.49. The summed E-state index contributed by atoms with van der Waals surface area (Å²) in [6.07, 6.45) is 3.34. The van der Waals surface area contributed by atoms with Crippen molar-refractivity contribution in [2.45, 2.75) is 66.0 Å². The summed E-state index contributed by atoms with van der Waals surface area (Å²) in [4.78, 5) is 12.3. The van der Waals surface area contributed by atoms with E-state index in [1.807, 2.05) is 45.9 Å². The molecule has 1 amide bonds. The molecule has 0 saturated heterocycles. The number of hydrogen-bond acceptors (Lipinski definition) is 4. The van der Waals surface area contributed by atoms with Crippen LogP contribution in [0.4, 0.5) is 0 Å². The molecule has 0 fully saturated rings. The van der Waals surface area contributed by atoms with Crippen LogP contribution < -0.4 is 20.5 Å². The van der Waals surface area contributed by atoms with Crippen LogP contribution in [-0.4, -0.2) is 25.7 Å². The molecular weight excluding hydrogens is 352 g/mol. The van der Waals surface area contributed by atoms with Gasteiger partial charge in [0.1, 0.15) is 0 Å². The molecule has 0 aliphatic carbocycles. The molecule has 1 unspecified atom stereocenters. The average molecular weight is 387 g/mol. The molecule has 0 heterocycles. The summed E-state index contributed by atoms with van der Waals surface area (Å²) in [5, 5.41) is 2.97. The summed E-state index contributed by atoms with van der Waals surface area (Å²) in [5.74, 6) is 1.25. The van der Waals surface area contributed by atoms with Crippen LogP contribution in [0.25, 0.3) is 0 Å².